The van der Waals surface area contributed by atoms with Crippen molar-refractivity contribution in [1.82, 2.24) is 15.6 Å². The number of nitrogens with one attached hydrogen (secondary N) is 3. The second-order valence-electron chi connectivity index (χ2n) is 8.85. The van der Waals surface area contributed by atoms with Gasteiger partial charge in [0.2, 0.25) is 0 Å². The van der Waals surface area contributed by atoms with Crippen LogP contribution in [0.1, 0.15) is 54.9 Å². The van der Waals surface area contributed by atoms with Gasteiger partial charge >= 0.3 is 4.87 Å². The van der Waals surface area contributed by atoms with Crippen molar-refractivity contribution in [2.24, 2.45) is 0 Å². The van der Waals surface area contributed by atoms with Crippen LogP contribution in [0.15, 0.2) is 41.2 Å². The predicted molar refractivity (Wildman–Crippen MR) is 132 cm³/mol. The predicted octanol–water partition coefficient (Wildman–Crippen LogP) is 2.94. The number of rotatable bonds is 10. The van der Waals surface area contributed by atoms with E-state index in [0.717, 1.165) is 30.7 Å². The first-order valence-corrected chi connectivity index (χ1v) is 12.6. The Labute approximate surface area is 197 Å². The molecule has 178 valence electrons. The third kappa shape index (κ3) is 6.22. The van der Waals surface area contributed by atoms with Crippen molar-refractivity contribution in [3.8, 4) is 5.75 Å². The zero-order valence-corrected chi connectivity index (χ0v) is 19.5. The molecule has 0 saturated heterocycles. The first kappa shape index (κ1) is 23.9. The van der Waals surface area contributed by atoms with Crippen LogP contribution in [0, 0.1) is 0 Å². The average Bonchev–Trinajstić information content (AvgIpc) is 3.22. The highest BCUT2D eigenvalue weighted by Crippen LogP contribution is 2.32. The van der Waals surface area contributed by atoms with Crippen LogP contribution in [0.2, 0.25) is 0 Å². The Bertz CT molecular complexity index is 1110. The summed E-state index contributed by atoms with van der Waals surface area (Å²) in [6.45, 7) is 1.48. The van der Waals surface area contributed by atoms with Crippen LogP contribution in [0.4, 0.5) is 0 Å². The lowest BCUT2D eigenvalue weighted by molar-refractivity contribution is -0.00168. The van der Waals surface area contributed by atoms with Crippen LogP contribution >= 0.6 is 11.3 Å². The van der Waals surface area contributed by atoms with Gasteiger partial charge in [-0.05, 0) is 49.4 Å². The van der Waals surface area contributed by atoms with Crippen molar-refractivity contribution < 1.29 is 15.3 Å². The van der Waals surface area contributed by atoms with E-state index in [-0.39, 0.29) is 16.1 Å². The molecule has 0 aliphatic heterocycles. The number of hydrogen-bond acceptors (Lipinski definition) is 7. The van der Waals surface area contributed by atoms with Gasteiger partial charge in [-0.15, -0.1) is 0 Å². The van der Waals surface area contributed by atoms with Gasteiger partial charge in [0.25, 0.3) is 0 Å². The fourth-order valence-electron chi connectivity index (χ4n) is 4.59. The molecule has 8 heteroatoms. The SMILES string of the molecule is O=c1[nH]c2c(O)ccc(C(O)C(O)NCCc3cccc(CCNC4CCCCC4)c3)c2s1. The number of aromatic amines is 1. The van der Waals surface area contributed by atoms with Crippen LogP contribution in [0.25, 0.3) is 10.2 Å². The van der Waals surface area contributed by atoms with Gasteiger partial charge in [-0.3, -0.25) is 10.1 Å². The monoisotopic (exact) mass is 471 g/mol. The fourth-order valence-corrected chi connectivity index (χ4v) is 5.49. The third-order valence-electron chi connectivity index (χ3n) is 6.42. The topological polar surface area (TPSA) is 118 Å². The number of aromatic nitrogens is 1. The molecule has 0 spiro atoms. The summed E-state index contributed by atoms with van der Waals surface area (Å²) in [5.74, 6) is -0.0597. The Kier molecular flexibility index (Phi) is 8.16. The van der Waals surface area contributed by atoms with Crippen molar-refractivity contribution in [2.45, 2.75) is 63.3 Å². The van der Waals surface area contributed by atoms with Crippen molar-refractivity contribution in [2.75, 3.05) is 13.1 Å². The summed E-state index contributed by atoms with van der Waals surface area (Å²) < 4.78 is 0.447. The highest BCUT2D eigenvalue weighted by atomic mass is 32.1. The quantitative estimate of drug-likeness (QED) is 0.253. The number of thiazole rings is 1. The molecule has 1 fully saturated rings. The van der Waals surface area contributed by atoms with Gasteiger partial charge in [0, 0.05) is 18.2 Å². The number of hydrogen-bond donors (Lipinski definition) is 6. The Morgan fingerprint density at radius 3 is 2.52 bits per heavy atom. The largest absolute Gasteiger partial charge is 0.506 e. The molecule has 1 heterocycles. The molecule has 4 rings (SSSR count). The molecule has 3 aromatic rings. The van der Waals surface area contributed by atoms with Gasteiger partial charge in [-0.1, -0.05) is 60.9 Å². The van der Waals surface area contributed by atoms with Gasteiger partial charge in [0.1, 0.15) is 23.6 Å². The first-order chi connectivity index (χ1) is 16.0. The summed E-state index contributed by atoms with van der Waals surface area (Å²) in [6, 6.07) is 12.1. The molecule has 1 saturated carbocycles. The summed E-state index contributed by atoms with van der Waals surface area (Å²) in [6.07, 6.45) is 5.91. The number of aliphatic hydroxyl groups excluding tert-OH is 2. The second kappa shape index (κ2) is 11.3. The molecule has 6 N–H and O–H groups in total. The van der Waals surface area contributed by atoms with E-state index in [1.54, 1.807) is 0 Å². The summed E-state index contributed by atoms with van der Waals surface area (Å²) in [7, 11) is 0. The number of aliphatic hydroxyl groups is 2. The molecule has 2 atom stereocenters. The molecule has 2 unspecified atom stereocenters. The number of H-pyrrole nitrogens is 1. The molecule has 7 nitrogen and oxygen atoms in total. The molecule has 33 heavy (non-hydrogen) atoms. The highest BCUT2D eigenvalue weighted by Gasteiger charge is 2.22. The first-order valence-electron chi connectivity index (χ1n) is 11.8. The fraction of sp³-hybridized carbons (Fsp3) is 0.480. The maximum Gasteiger partial charge on any atom is 0.305 e. The average molecular weight is 472 g/mol. The lowest BCUT2D eigenvalue weighted by Crippen LogP contribution is -2.36. The second-order valence-corrected chi connectivity index (χ2v) is 9.83. The number of fused-ring (bicyclic) bond motifs is 1. The Morgan fingerprint density at radius 1 is 1.03 bits per heavy atom. The van der Waals surface area contributed by atoms with Gasteiger partial charge in [0.15, 0.2) is 0 Å². The van der Waals surface area contributed by atoms with Crippen molar-refractivity contribution in [1.29, 1.82) is 0 Å². The summed E-state index contributed by atoms with van der Waals surface area (Å²) >= 11 is 0.901. The third-order valence-corrected chi connectivity index (χ3v) is 7.35. The number of phenolic OH excluding ortho intramolecular Hbond substituents is 1. The summed E-state index contributed by atoms with van der Waals surface area (Å²) in [5, 5.41) is 37.7. The Hall–Kier alpha value is -2.23. The number of benzene rings is 2. The van der Waals surface area contributed by atoms with E-state index < -0.39 is 12.3 Å². The summed E-state index contributed by atoms with van der Waals surface area (Å²) in [5.41, 5.74) is 3.16. The summed E-state index contributed by atoms with van der Waals surface area (Å²) in [4.78, 5) is 13.9. The normalized spacial score (nSPS) is 16.8. The molecular weight excluding hydrogens is 438 g/mol. The molecule has 0 amide bonds. The van der Waals surface area contributed by atoms with Crippen molar-refractivity contribution in [3.05, 3.63) is 62.8 Å². The van der Waals surface area contributed by atoms with Gasteiger partial charge in [-0.2, -0.15) is 0 Å². The molecule has 2 aromatic carbocycles. The van der Waals surface area contributed by atoms with E-state index in [4.69, 9.17) is 0 Å². The Morgan fingerprint density at radius 2 is 1.76 bits per heavy atom. The molecule has 1 aromatic heterocycles. The van der Waals surface area contributed by atoms with Crippen LogP contribution in [-0.2, 0) is 12.8 Å². The smallest absolute Gasteiger partial charge is 0.305 e. The van der Waals surface area contributed by atoms with E-state index in [0.29, 0.717) is 22.8 Å². The zero-order valence-electron chi connectivity index (χ0n) is 18.7. The lowest BCUT2D eigenvalue weighted by Gasteiger charge is -2.22. The standard InChI is InChI=1S/C25H33N3O4S/c29-20-10-9-19(23-21(20)28-25(32)33-23)22(30)24(31)27-14-12-17-6-4-5-16(15-17)11-13-26-18-7-2-1-3-8-18/h4-6,9-10,15,18,22,24,26-27,29-31H,1-3,7-8,11-14H2,(H,28,32). The minimum absolute atomic E-state index is 0.0597. The molecule has 1 aliphatic carbocycles. The van der Waals surface area contributed by atoms with Crippen LogP contribution < -0.4 is 15.5 Å². The van der Waals surface area contributed by atoms with Gasteiger partial charge < -0.3 is 25.6 Å². The minimum Gasteiger partial charge on any atom is -0.506 e. The molecule has 1 aliphatic rings. The number of phenols is 1. The van der Waals surface area contributed by atoms with Crippen molar-refractivity contribution >= 4 is 21.6 Å². The molecular formula is C25H33N3O4S. The van der Waals surface area contributed by atoms with E-state index in [1.165, 1.54) is 55.4 Å². The zero-order chi connectivity index (χ0) is 23.2. The molecule has 0 bridgehead atoms. The highest BCUT2D eigenvalue weighted by molar-refractivity contribution is 7.16. The van der Waals surface area contributed by atoms with Gasteiger partial charge in [-0.25, -0.2) is 0 Å². The van der Waals surface area contributed by atoms with Crippen molar-refractivity contribution in [3.63, 3.8) is 0 Å². The maximum atomic E-state index is 11.7. The van der Waals surface area contributed by atoms with E-state index >= 15 is 0 Å². The van der Waals surface area contributed by atoms with E-state index in [9.17, 15) is 20.1 Å². The van der Waals surface area contributed by atoms with Crippen LogP contribution in [0.3, 0.4) is 0 Å². The van der Waals surface area contributed by atoms with E-state index in [2.05, 4.69) is 39.9 Å². The molecule has 0 radical (unpaired) electrons. The minimum atomic E-state index is -1.23. The maximum absolute atomic E-state index is 11.7. The Balaban J connectivity index is 1.27. The lowest BCUT2D eigenvalue weighted by atomic mass is 9.95. The van der Waals surface area contributed by atoms with E-state index in [1.807, 2.05) is 0 Å². The van der Waals surface area contributed by atoms with Gasteiger partial charge in [0.05, 0.1) is 4.70 Å². The van der Waals surface area contributed by atoms with Crippen LogP contribution in [0.5, 0.6) is 5.75 Å². The van der Waals surface area contributed by atoms with Crippen LogP contribution in [-0.4, -0.2) is 45.7 Å². The number of aromatic hydroxyl groups is 1.